The number of aryl methyl sites for hydroxylation is 1. The molecule has 0 aliphatic heterocycles. The van der Waals surface area contributed by atoms with Crippen LogP contribution in [0.25, 0.3) is 0 Å². The molecule has 5 heteroatoms. The number of benzene rings is 2. The van der Waals surface area contributed by atoms with E-state index in [0.29, 0.717) is 22.8 Å². The second kappa shape index (κ2) is 5.96. The van der Waals surface area contributed by atoms with Crippen LogP contribution in [0.2, 0.25) is 0 Å². The number of ether oxygens (including phenoxy) is 2. The Kier molecular flexibility index (Phi) is 4.29. The first-order valence-corrected chi connectivity index (χ1v) is 6.77. The van der Waals surface area contributed by atoms with Crippen LogP contribution in [0.15, 0.2) is 40.9 Å². The van der Waals surface area contributed by atoms with Crippen LogP contribution < -0.4 is 15.2 Å². The van der Waals surface area contributed by atoms with Crippen molar-refractivity contribution >= 4 is 21.8 Å². The maximum atomic E-state index is 7.60. The molecule has 3 N–H and O–H groups in total. The zero-order valence-electron chi connectivity index (χ0n) is 11.2. The van der Waals surface area contributed by atoms with Crippen LogP contribution in [0, 0.1) is 12.3 Å². The molecule has 0 bridgehead atoms. The van der Waals surface area contributed by atoms with Crippen molar-refractivity contribution in [1.29, 1.82) is 5.41 Å². The van der Waals surface area contributed by atoms with Crippen LogP contribution in [-0.2, 0) is 0 Å². The number of amidine groups is 1. The largest absolute Gasteiger partial charge is 0.497 e. The summed E-state index contributed by atoms with van der Waals surface area (Å²) in [6, 6.07) is 10.8. The maximum absolute atomic E-state index is 7.60. The van der Waals surface area contributed by atoms with E-state index >= 15 is 0 Å². The molecule has 0 aromatic heterocycles. The molecule has 0 aliphatic rings. The Hall–Kier alpha value is -2.01. The fourth-order valence-corrected chi connectivity index (χ4v) is 1.99. The minimum Gasteiger partial charge on any atom is -0.497 e. The molecule has 0 radical (unpaired) electrons. The summed E-state index contributed by atoms with van der Waals surface area (Å²) in [6.45, 7) is 1.98. The first-order valence-electron chi connectivity index (χ1n) is 5.97. The van der Waals surface area contributed by atoms with E-state index in [4.69, 9.17) is 20.6 Å². The Morgan fingerprint density at radius 3 is 2.45 bits per heavy atom. The second-order valence-corrected chi connectivity index (χ2v) is 5.14. The molecule has 104 valence electrons. The topological polar surface area (TPSA) is 68.3 Å². The fourth-order valence-electron chi connectivity index (χ4n) is 1.74. The van der Waals surface area contributed by atoms with Gasteiger partial charge in [0.25, 0.3) is 0 Å². The molecule has 2 aromatic rings. The molecule has 0 aliphatic carbocycles. The molecule has 0 fully saturated rings. The fraction of sp³-hybridized carbons (Fsp3) is 0.133. The molecule has 0 saturated carbocycles. The van der Waals surface area contributed by atoms with Crippen LogP contribution in [-0.4, -0.2) is 12.9 Å². The van der Waals surface area contributed by atoms with Gasteiger partial charge in [0.05, 0.1) is 12.7 Å². The average Bonchev–Trinajstić information content (AvgIpc) is 2.42. The van der Waals surface area contributed by atoms with E-state index < -0.39 is 0 Å². The van der Waals surface area contributed by atoms with Gasteiger partial charge in [0, 0.05) is 10.5 Å². The average molecular weight is 335 g/mol. The lowest BCUT2D eigenvalue weighted by atomic mass is 10.1. The standard InChI is InChI=1S/C15H15BrN2O2/c1-9-7-11(4-6-13(9)16)20-14-8-10(19-2)3-5-12(14)15(17)18/h3-8H,1-2H3,(H3,17,18). The normalized spacial score (nSPS) is 10.2. The van der Waals surface area contributed by atoms with Crippen molar-refractivity contribution in [2.75, 3.05) is 7.11 Å². The number of hydrogen-bond acceptors (Lipinski definition) is 3. The van der Waals surface area contributed by atoms with Gasteiger partial charge < -0.3 is 15.2 Å². The number of methoxy groups -OCH3 is 1. The number of nitrogen functional groups attached to an aromatic ring is 1. The molecule has 0 heterocycles. The molecule has 0 atom stereocenters. The molecular formula is C15H15BrN2O2. The van der Waals surface area contributed by atoms with Gasteiger partial charge in [-0.2, -0.15) is 0 Å². The van der Waals surface area contributed by atoms with E-state index in [9.17, 15) is 0 Å². The lowest BCUT2D eigenvalue weighted by Crippen LogP contribution is -2.12. The Balaban J connectivity index is 2.40. The SMILES string of the molecule is COc1ccc(C(=N)N)c(Oc2ccc(Br)c(C)c2)c1. The highest BCUT2D eigenvalue weighted by Gasteiger charge is 2.10. The van der Waals surface area contributed by atoms with Crippen LogP contribution in [0.4, 0.5) is 0 Å². The third-order valence-electron chi connectivity index (χ3n) is 2.84. The highest BCUT2D eigenvalue weighted by molar-refractivity contribution is 9.10. The van der Waals surface area contributed by atoms with Gasteiger partial charge in [-0.3, -0.25) is 5.41 Å². The van der Waals surface area contributed by atoms with Crippen molar-refractivity contribution in [3.63, 3.8) is 0 Å². The van der Waals surface area contributed by atoms with E-state index in [1.54, 1.807) is 25.3 Å². The van der Waals surface area contributed by atoms with Gasteiger partial charge in [-0.05, 0) is 42.8 Å². The summed E-state index contributed by atoms with van der Waals surface area (Å²) >= 11 is 3.45. The predicted molar refractivity (Wildman–Crippen MR) is 83.0 cm³/mol. The van der Waals surface area contributed by atoms with Crippen LogP contribution >= 0.6 is 15.9 Å². The third kappa shape index (κ3) is 3.11. The van der Waals surface area contributed by atoms with Crippen molar-refractivity contribution < 1.29 is 9.47 Å². The molecule has 0 spiro atoms. The van der Waals surface area contributed by atoms with E-state index in [2.05, 4.69) is 15.9 Å². The lowest BCUT2D eigenvalue weighted by molar-refractivity contribution is 0.409. The van der Waals surface area contributed by atoms with Gasteiger partial charge in [-0.15, -0.1) is 0 Å². The van der Waals surface area contributed by atoms with Gasteiger partial charge >= 0.3 is 0 Å². The van der Waals surface area contributed by atoms with Crippen molar-refractivity contribution in [1.82, 2.24) is 0 Å². The van der Waals surface area contributed by atoms with Crippen LogP contribution in [0.1, 0.15) is 11.1 Å². The van der Waals surface area contributed by atoms with Crippen molar-refractivity contribution in [2.24, 2.45) is 5.73 Å². The Morgan fingerprint density at radius 2 is 1.85 bits per heavy atom. The zero-order chi connectivity index (χ0) is 14.7. The molecule has 20 heavy (non-hydrogen) atoms. The van der Waals surface area contributed by atoms with Gasteiger partial charge in [0.1, 0.15) is 23.1 Å². The Morgan fingerprint density at radius 1 is 1.15 bits per heavy atom. The molecule has 2 rings (SSSR count). The molecule has 0 unspecified atom stereocenters. The van der Waals surface area contributed by atoms with Gasteiger partial charge in [-0.25, -0.2) is 0 Å². The highest BCUT2D eigenvalue weighted by Crippen LogP contribution is 2.31. The highest BCUT2D eigenvalue weighted by atomic mass is 79.9. The third-order valence-corrected chi connectivity index (χ3v) is 3.73. The number of rotatable bonds is 4. The number of hydrogen-bond donors (Lipinski definition) is 2. The number of nitrogens with one attached hydrogen (secondary N) is 1. The number of nitrogens with two attached hydrogens (primary N) is 1. The summed E-state index contributed by atoms with van der Waals surface area (Å²) in [6.07, 6.45) is 0. The summed E-state index contributed by atoms with van der Waals surface area (Å²) in [4.78, 5) is 0. The van der Waals surface area contributed by atoms with E-state index in [1.807, 2.05) is 25.1 Å². The van der Waals surface area contributed by atoms with Crippen LogP contribution in [0.5, 0.6) is 17.2 Å². The monoisotopic (exact) mass is 334 g/mol. The number of halogens is 1. The molecular weight excluding hydrogens is 320 g/mol. The molecule has 0 saturated heterocycles. The predicted octanol–water partition coefficient (Wildman–Crippen LogP) is 3.84. The minimum absolute atomic E-state index is 0.0449. The second-order valence-electron chi connectivity index (χ2n) is 4.29. The van der Waals surface area contributed by atoms with Crippen LogP contribution in [0.3, 0.4) is 0 Å². The van der Waals surface area contributed by atoms with Gasteiger partial charge in [-0.1, -0.05) is 15.9 Å². The quantitative estimate of drug-likeness (QED) is 0.659. The molecule has 4 nitrogen and oxygen atoms in total. The van der Waals surface area contributed by atoms with Crippen molar-refractivity contribution in [3.8, 4) is 17.2 Å². The summed E-state index contributed by atoms with van der Waals surface area (Å²) in [5, 5.41) is 7.60. The van der Waals surface area contributed by atoms with Gasteiger partial charge in [0.15, 0.2) is 0 Å². The van der Waals surface area contributed by atoms with Crippen molar-refractivity contribution in [2.45, 2.75) is 6.92 Å². The zero-order valence-corrected chi connectivity index (χ0v) is 12.8. The van der Waals surface area contributed by atoms with E-state index in [-0.39, 0.29) is 5.84 Å². The summed E-state index contributed by atoms with van der Waals surface area (Å²) < 4.78 is 12.0. The Bertz CT molecular complexity index is 656. The summed E-state index contributed by atoms with van der Waals surface area (Å²) in [7, 11) is 1.58. The smallest absolute Gasteiger partial charge is 0.142 e. The maximum Gasteiger partial charge on any atom is 0.142 e. The Labute approximate surface area is 126 Å². The first kappa shape index (κ1) is 14.4. The van der Waals surface area contributed by atoms with Crippen molar-refractivity contribution in [3.05, 3.63) is 52.0 Å². The van der Waals surface area contributed by atoms with E-state index in [1.165, 1.54) is 0 Å². The lowest BCUT2D eigenvalue weighted by Gasteiger charge is -2.12. The summed E-state index contributed by atoms with van der Waals surface area (Å²) in [5.41, 5.74) is 7.17. The van der Waals surface area contributed by atoms with E-state index in [0.717, 1.165) is 10.0 Å². The minimum atomic E-state index is -0.0449. The van der Waals surface area contributed by atoms with Gasteiger partial charge in [0.2, 0.25) is 0 Å². The molecule has 0 amide bonds. The first-order chi connectivity index (χ1) is 9.51. The summed E-state index contributed by atoms with van der Waals surface area (Å²) in [5.74, 6) is 1.79. The molecule has 2 aromatic carbocycles.